The summed E-state index contributed by atoms with van der Waals surface area (Å²) in [7, 11) is 0. The highest BCUT2D eigenvalue weighted by atomic mass is 16.3. The Bertz CT molecular complexity index is 506. The number of hydrogen-bond donors (Lipinski definition) is 1. The van der Waals surface area contributed by atoms with E-state index in [4.69, 9.17) is 0 Å². The predicted molar refractivity (Wildman–Crippen MR) is 96.0 cm³/mol. The van der Waals surface area contributed by atoms with Gasteiger partial charge in [-0.2, -0.15) is 0 Å². The van der Waals surface area contributed by atoms with Crippen LogP contribution in [0.2, 0.25) is 0 Å². The first-order valence-corrected chi connectivity index (χ1v) is 10.2. The van der Waals surface area contributed by atoms with Crippen molar-refractivity contribution < 1.29 is 5.11 Å². The zero-order valence-electron chi connectivity index (χ0n) is 15.6. The molecule has 4 aliphatic carbocycles. The third-order valence-electron chi connectivity index (χ3n) is 8.96. The second-order valence-electron chi connectivity index (χ2n) is 10.1. The van der Waals surface area contributed by atoms with Crippen molar-refractivity contribution in [1.82, 2.24) is 0 Å². The number of aliphatic hydroxyl groups is 1. The van der Waals surface area contributed by atoms with Crippen LogP contribution in [0.3, 0.4) is 0 Å². The van der Waals surface area contributed by atoms with Crippen LogP contribution in [0, 0.1) is 40.4 Å². The van der Waals surface area contributed by atoms with Crippen molar-refractivity contribution in [3.63, 3.8) is 0 Å². The molecule has 0 spiro atoms. The highest BCUT2D eigenvalue weighted by molar-refractivity contribution is 5.25. The minimum absolute atomic E-state index is 0.0727. The highest BCUT2D eigenvalue weighted by Crippen LogP contribution is 2.67. The molecule has 4 unspecified atom stereocenters. The summed E-state index contributed by atoms with van der Waals surface area (Å²) in [6, 6.07) is 0. The Morgan fingerprint density at radius 3 is 2.57 bits per heavy atom. The maximum atomic E-state index is 10.1. The monoisotopic (exact) mass is 316 g/mol. The lowest BCUT2D eigenvalue weighted by molar-refractivity contribution is -0.0556. The van der Waals surface area contributed by atoms with Crippen molar-refractivity contribution in [3.8, 4) is 0 Å². The van der Waals surface area contributed by atoms with Gasteiger partial charge >= 0.3 is 0 Å². The van der Waals surface area contributed by atoms with Gasteiger partial charge in [-0.25, -0.2) is 0 Å². The van der Waals surface area contributed by atoms with Gasteiger partial charge in [0.25, 0.3) is 0 Å². The molecule has 0 amide bonds. The molecule has 1 N–H and O–H groups in total. The van der Waals surface area contributed by atoms with E-state index < -0.39 is 0 Å². The molecule has 0 aliphatic heterocycles. The Kier molecular flexibility index (Phi) is 3.76. The lowest BCUT2D eigenvalue weighted by Crippen LogP contribution is -2.50. The van der Waals surface area contributed by atoms with Crippen LogP contribution in [-0.4, -0.2) is 11.2 Å². The predicted octanol–water partition coefficient (Wildman–Crippen LogP) is 5.58. The van der Waals surface area contributed by atoms with Gasteiger partial charge < -0.3 is 5.11 Å². The molecule has 0 heterocycles. The summed E-state index contributed by atoms with van der Waals surface area (Å²) in [5.41, 5.74) is 2.62. The minimum Gasteiger partial charge on any atom is -0.393 e. The van der Waals surface area contributed by atoms with Crippen LogP contribution in [0.25, 0.3) is 0 Å². The Morgan fingerprint density at radius 2 is 1.83 bits per heavy atom. The number of aliphatic hydroxyl groups excluding tert-OH is 1. The molecule has 0 radical (unpaired) electrons. The van der Waals surface area contributed by atoms with Gasteiger partial charge in [-0.1, -0.05) is 39.3 Å². The van der Waals surface area contributed by atoms with Crippen molar-refractivity contribution in [2.75, 3.05) is 0 Å². The summed E-state index contributed by atoms with van der Waals surface area (Å²) >= 11 is 0. The normalized spacial score (nSPS) is 52.6. The molecular weight excluding hydrogens is 280 g/mol. The summed E-state index contributed by atoms with van der Waals surface area (Å²) in [5, 5.41) is 10.1. The summed E-state index contributed by atoms with van der Waals surface area (Å²) in [6.07, 6.45) is 12.8. The molecule has 0 saturated heterocycles. The van der Waals surface area contributed by atoms with Gasteiger partial charge in [0.05, 0.1) is 6.10 Å². The van der Waals surface area contributed by atoms with Crippen molar-refractivity contribution >= 4 is 0 Å². The fourth-order valence-corrected chi connectivity index (χ4v) is 7.78. The molecule has 7 atom stereocenters. The van der Waals surface area contributed by atoms with E-state index in [1.165, 1.54) is 38.5 Å². The van der Waals surface area contributed by atoms with Crippen LogP contribution in [0.1, 0.15) is 79.1 Å². The van der Waals surface area contributed by atoms with Crippen molar-refractivity contribution in [2.24, 2.45) is 40.4 Å². The Hall–Kier alpha value is -0.300. The topological polar surface area (TPSA) is 20.2 Å². The molecule has 3 fully saturated rings. The number of allylic oxidation sites excluding steroid dienone is 1. The summed E-state index contributed by atoms with van der Waals surface area (Å²) in [6.45, 7) is 10.1. The molecule has 23 heavy (non-hydrogen) atoms. The van der Waals surface area contributed by atoms with E-state index in [1.54, 1.807) is 5.57 Å². The summed E-state index contributed by atoms with van der Waals surface area (Å²) in [5.74, 6) is 4.55. The van der Waals surface area contributed by atoms with Crippen LogP contribution in [0.15, 0.2) is 11.6 Å². The van der Waals surface area contributed by atoms with Crippen molar-refractivity contribution in [2.45, 2.75) is 85.2 Å². The SMILES string of the molecule is CC(C)[C@H]1CCC2C3CC=C4C[C@@H](O)CCC4(C)C3CC[C@@]21C. The van der Waals surface area contributed by atoms with Crippen LogP contribution in [0.5, 0.6) is 0 Å². The molecule has 130 valence electrons. The number of hydrogen-bond acceptors (Lipinski definition) is 1. The van der Waals surface area contributed by atoms with E-state index >= 15 is 0 Å². The molecule has 0 aromatic carbocycles. The van der Waals surface area contributed by atoms with E-state index in [0.29, 0.717) is 10.8 Å². The molecule has 1 heteroatoms. The van der Waals surface area contributed by atoms with E-state index in [-0.39, 0.29) is 6.10 Å². The van der Waals surface area contributed by atoms with Gasteiger partial charge in [0, 0.05) is 0 Å². The molecule has 4 aliphatic rings. The van der Waals surface area contributed by atoms with Gasteiger partial charge in [-0.3, -0.25) is 0 Å². The van der Waals surface area contributed by atoms with E-state index in [9.17, 15) is 5.11 Å². The summed E-state index contributed by atoms with van der Waals surface area (Å²) in [4.78, 5) is 0. The van der Waals surface area contributed by atoms with Crippen LogP contribution >= 0.6 is 0 Å². The van der Waals surface area contributed by atoms with Gasteiger partial charge in [0.2, 0.25) is 0 Å². The molecule has 0 aromatic heterocycles. The lowest BCUT2D eigenvalue weighted by atomic mass is 9.47. The zero-order valence-corrected chi connectivity index (χ0v) is 15.6. The van der Waals surface area contributed by atoms with Gasteiger partial charge in [-0.15, -0.1) is 0 Å². The maximum absolute atomic E-state index is 10.1. The first-order valence-electron chi connectivity index (χ1n) is 10.2. The first-order chi connectivity index (χ1) is 10.9. The van der Waals surface area contributed by atoms with Gasteiger partial charge in [0.1, 0.15) is 0 Å². The largest absolute Gasteiger partial charge is 0.393 e. The molecule has 0 aromatic rings. The lowest BCUT2D eigenvalue weighted by Gasteiger charge is -2.58. The fraction of sp³-hybridized carbons (Fsp3) is 0.909. The second kappa shape index (κ2) is 5.35. The van der Waals surface area contributed by atoms with E-state index in [1.807, 2.05) is 0 Å². The van der Waals surface area contributed by atoms with Gasteiger partial charge in [-0.05, 0) is 91.8 Å². The third kappa shape index (κ3) is 2.21. The molecule has 4 rings (SSSR count). The number of fused-ring (bicyclic) bond motifs is 5. The fourth-order valence-electron chi connectivity index (χ4n) is 7.78. The summed E-state index contributed by atoms with van der Waals surface area (Å²) < 4.78 is 0. The smallest absolute Gasteiger partial charge is 0.0577 e. The molecule has 1 nitrogen and oxygen atoms in total. The van der Waals surface area contributed by atoms with E-state index in [2.05, 4.69) is 33.8 Å². The molecule has 0 bridgehead atoms. The first kappa shape index (κ1) is 16.2. The quantitative estimate of drug-likeness (QED) is 0.626. The van der Waals surface area contributed by atoms with E-state index in [0.717, 1.165) is 42.4 Å². The Balaban J connectivity index is 1.65. The van der Waals surface area contributed by atoms with Crippen LogP contribution in [0.4, 0.5) is 0 Å². The Morgan fingerprint density at radius 1 is 1.04 bits per heavy atom. The standard InChI is InChI=1S/C22H36O/c1-14(2)18-7-8-19-17-6-5-15-13-16(23)9-11-21(15,3)20(17)10-12-22(18,19)4/h5,14,16-20,23H,6-13H2,1-4H3/t16-,17?,18+,19?,20?,21?,22+/m0/s1. The highest BCUT2D eigenvalue weighted by Gasteiger charge is 2.58. The average molecular weight is 317 g/mol. The molecule has 3 saturated carbocycles. The minimum atomic E-state index is -0.0727. The molecular formula is C22H36O. The van der Waals surface area contributed by atoms with Crippen LogP contribution in [-0.2, 0) is 0 Å². The average Bonchev–Trinajstić information content (AvgIpc) is 2.85. The number of rotatable bonds is 1. The third-order valence-corrected chi connectivity index (χ3v) is 8.96. The maximum Gasteiger partial charge on any atom is 0.0577 e. The Labute approximate surface area is 142 Å². The van der Waals surface area contributed by atoms with Crippen molar-refractivity contribution in [1.29, 1.82) is 0 Å². The van der Waals surface area contributed by atoms with Crippen LogP contribution < -0.4 is 0 Å². The zero-order chi connectivity index (χ0) is 16.4. The second-order valence-corrected chi connectivity index (χ2v) is 10.1. The van der Waals surface area contributed by atoms with Crippen molar-refractivity contribution in [3.05, 3.63) is 11.6 Å². The van der Waals surface area contributed by atoms with Gasteiger partial charge in [0.15, 0.2) is 0 Å².